The number of para-hydroxylation sites is 1. The van der Waals surface area contributed by atoms with Crippen molar-refractivity contribution in [2.45, 2.75) is 19.3 Å². The minimum absolute atomic E-state index is 0.655. The summed E-state index contributed by atoms with van der Waals surface area (Å²) in [5, 5.41) is 2.87. The zero-order chi connectivity index (χ0) is 15.4. The van der Waals surface area contributed by atoms with Gasteiger partial charge in [-0.2, -0.15) is 0 Å². The maximum Gasteiger partial charge on any atom is 0.0695 e. The van der Waals surface area contributed by atoms with Crippen molar-refractivity contribution in [3.8, 4) is 0 Å². The van der Waals surface area contributed by atoms with Gasteiger partial charge in [-0.15, -0.1) is 0 Å². The van der Waals surface area contributed by atoms with E-state index in [1.54, 1.807) is 5.56 Å². The van der Waals surface area contributed by atoms with Gasteiger partial charge >= 0.3 is 0 Å². The molecule has 1 atom stereocenters. The van der Waals surface area contributed by atoms with Gasteiger partial charge in [-0.1, -0.05) is 54.9 Å². The number of hydrogen-bond donors (Lipinski definition) is 0. The average Bonchev–Trinajstić information content (AvgIpc) is 3.27. The molecule has 0 amide bonds. The van der Waals surface area contributed by atoms with Gasteiger partial charge in [-0.05, 0) is 37.2 Å². The van der Waals surface area contributed by atoms with Crippen molar-refractivity contribution < 1.29 is 0 Å². The van der Waals surface area contributed by atoms with Crippen LogP contribution in [0.2, 0.25) is 0 Å². The second kappa shape index (κ2) is 5.08. The maximum absolute atomic E-state index is 2.58. The van der Waals surface area contributed by atoms with Gasteiger partial charge < -0.3 is 4.90 Å². The molecule has 1 saturated heterocycles. The third kappa shape index (κ3) is 1.90. The van der Waals surface area contributed by atoms with Crippen LogP contribution in [0.15, 0.2) is 48.5 Å². The number of benzene rings is 2. The van der Waals surface area contributed by atoms with E-state index in [-0.39, 0.29) is 0 Å². The zero-order valence-electron chi connectivity index (χ0n) is 13.3. The first-order valence-corrected chi connectivity index (χ1v) is 9.27. The van der Waals surface area contributed by atoms with Crippen LogP contribution in [0.5, 0.6) is 0 Å². The molecule has 1 fully saturated rings. The largest absolute Gasteiger partial charge is 0.303 e. The second-order valence-corrected chi connectivity index (χ2v) is 7.53. The van der Waals surface area contributed by atoms with E-state index in [0.717, 1.165) is 6.54 Å². The Balaban J connectivity index is 1.87. The van der Waals surface area contributed by atoms with E-state index in [9.17, 15) is 0 Å². The fourth-order valence-corrected chi connectivity index (χ4v) is 5.34. The molecule has 0 aliphatic carbocycles. The number of aromatic nitrogens is 1. The summed E-state index contributed by atoms with van der Waals surface area (Å²) in [6.07, 6.45) is 1.28. The normalized spacial score (nSPS) is 19.4. The number of hydrogen-bond acceptors (Lipinski definition) is 2. The fraction of sp³-hybridized carbons (Fsp3) is 0.300. The smallest absolute Gasteiger partial charge is 0.0695 e. The van der Waals surface area contributed by atoms with Crippen LogP contribution in [0.25, 0.3) is 26.5 Å². The summed E-state index contributed by atoms with van der Waals surface area (Å²) < 4.78 is 3.85. The van der Waals surface area contributed by atoms with Gasteiger partial charge in [-0.3, -0.25) is 3.79 Å². The molecule has 0 radical (unpaired) electrons. The molecule has 2 aromatic carbocycles. The summed E-state index contributed by atoms with van der Waals surface area (Å²) in [6.45, 7) is 5.87. The van der Waals surface area contributed by atoms with Crippen LogP contribution in [0.3, 0.4) is 0 Å². The van der Waals surface area contributed by atoms with Crippen LogP contribution in [0.4, 0.5) is 0 Å². The molecule has 1 aliphatic heterocycles. The fourth-order valence-electron chi connectivity index (χ4n) is 4.19. The highest BCUT2D eigenvalue weighted by Gasteiger charge is 2.28. The molecule has 0 saturated carbocycles. The summed E-state index contributed by atoms with van der Waals surface area (Å²) in [4.78, 5) is 2.58. The minimum atomic E-state index is 0.655. The van der Waals surface area contributed by atoms with Gasteiger partial charge in [0.2, 0.25) is 0 Å². The van der Waals surface area contributed by atoms with Crippen molar-refractivity contribution >= 4 is 38.0 Å². The SMILES string of the molecule is CCN1CC[C@H](c2c3ccccc3n3sc4ccccc4c23)C1. The van der Waals surface area contributed by atoms with Crippen LogP contribution in [0, 0.1) is 0 Å². The Kier molecular flexibility index (Phi) is 3.00. The highest BCUT2D eigenvalue weighted by Crippen LogP contribution is 2.42. The Bertz CT molecular complexity index is 1000. The summed E-state index contributed by atoms with van der Waals surface area (Å²) in [5.74, 6) is 0.655. The third-order valence-corrected chi connectivity index (χ3v) is 6.45. The van der Waals surface area contributed by atoms with Crippen LogP contribution >= 0.6 is 11.5 Å². The molecule has 116 valence electrons. The van der Waals surface area contributed by atoms with Crippen LogP contribution in [-0.4, -0.2) is 28.3 Å². The first-order chi connectivity index (χ1) is 11.4. The first kappa shape index (κ1) is 13.6. The first-order valence-electron chi connectivity index (χ1n) is 8.50. The number of likely N-dealkylation sites (tertiary alicyclic amines) is 1. The molecule has 3 heterocycles. The molecular weight excluding hydrogens is 300 g/mol. The van der Waals surface area contributed by atoms with E-state index in [0.29, 0.717) is 5.92 Å². The van der Waals surface area contributed by atoms with Gasteiger partial charge in [0, 0.05) is 23.2 Å². The number of fused-ring (bicyclic) bond motifs is 5. The lowest BCUT2D eigenvalue weighted by atomic mass is 9.95. The van der Waals surface area contributed by atoms with Crippen LogP contribution in [0.1, 0.15) is 24.8 Å². The van der Waals surface area contributed by atoms with E-state index in [1.165, 1.54) is 46.0 Å². The highest BCUT2D eigenvalue weighted by atomic mass is 32.1. The Morgan fingerprint density at radius 3 is 2.65 bits per heavy atom. The summed E-state index contributed by atoms with van der Waals surface area (Å²) >= 11 is 1.88. The topological polar surface area (TPSA) is 7.65 Å². The van der Waals surface area contributed by atoms with E-state index >= 15 is 0 Å². The minimum Gasteiger partial charge on any atom is -0.303 e. The van der Waals surface area contributed by atoms with Gasteiger partial charge in [0.05, 0.1) is 15.7 Å². The monoisotopic (exact) mass is 320 g/mol. The predicted molar refractivity (Wildman–Crippen MR) is 99.8 cm³/mol. The quantitative estimate of drug-likeness (QED) is 0.497. The van der Waals surface area contributed by atoms with Gasteiger partial charge in [0.15, 0.2) is 0 Å². The van der Waals surface area contributed by atoms with Crippen molar-refractivity contribution in [2.24, 2.45) is 0 Å². The molecule has 2 nitrogen and oxygen atoms in total. The number of rotatable bonds is 2. The predicted octanol–water partition coefficient (Wildman–Crippen LogP) is 5.12. The van der Waals surface area contributed by atoms with Crippen molar-refractivity contribution in [1.29, 1.82) is 0 Å². The molecule has 0 spiro atoms. The molecule has 0 unspecified atom stereocenters. The average molecular weight is 320 g/mol. The van der Waals surface area contributed by atoms with Gasteiger partial charge in [0.25, 0.3) is 0 Å². The molecule has 3 heteroatoms. The van der Waals surface area contributed by atoms with Gasteiger partial charge in [-0.25, -0.2) is 0 Å². The number of nitrogens with zero attached hydrogens (tertiary/aromatic N) is 2. The maximum atomic E-state index is 2.58. The molecule has 0 bridgehead atoms. The molecule has 0 N–H and O–H groups in total. The van der Waals surface area contributed by atoms with Crippen LogP contribution in [-0.2, 0) is 0 Å². The lowest BCUT2D eigenvalue weighted by Crippen LogP contribution is -2.19. The highest BCUT2D eigenvalue weighted by molar-refractivity contribution is 7.14. The Morgan fingerprint density at radius 2 is 1.83 bits per heavy atom. The van der Waals surface area contributed by atoms with Crippen molar-refractivity contribution in [2.75, 3.05) is 19.6 Å². The lowest BCUT2D eigenvalue weighted by molar-refractivity contribution is 0.354. The third-order valence-electron chi connectivity index (χ3n) is 5.33. The summed E-state index contributed by atoms with van der Waals surface area (Å²) in [5.41, 5.74) is 4.40. The van der Waals surface area contributed by atoms with Gasteiger partial charge in [0.1, 0.15) is 0 Å². The standard InChI is InChI=1S/C20H20N2S/c1-2-21-12-11-14(13-21)19-15-7-3-5-9-17(15)22-20(19)16-8-4-6-10-18(16)23-22/h3-10,14H,2,11-13H2,1H3/t14-/m0/s1. The zero-order valence-corrected chi connectivity index (χ0v) is 14.1. The van der Waals surface area contributed by atoms with E-state index in [2.05, 4.69) is 64.1 Å². The van der Waals surface area contributed by atoms with E-state index in [4.69, 9.17) is 0 Å². The second-order valence-electron chi connectivity index (χ2n) is 6.54. The Hall–Kier alpha value is -1.84. The van der Waals surface area contributed by atoms with Crippen molar-refractivity contribution in [3.63, 3.8) is 0 Å². The Labute approximate surface area is 140 Å². The molecule has 23 heavy (non-hydrogen) atoms. The van der Waals surface area contributed by atoms with Crippen molar-refractivity contribution in [1.82, 2.24) is 8.69 Å². The molecular formula is C20H20N2S. The van der Waals surface area contributed by atoms with Crippen molar-refractivity contribution in [3.05, 3.63) is 54.1 Å². The summed E-state index contributed by atoms with van der Waals surface area (Å²) in [6, 6.07) is 17.8. The summed E-state index contributed by atoms with van der Waals surface area (Å²) in [7, 11) is 0. The van der Waals surface area contributed by atoms with E-state index < -0.39 is 0 Å². The van der Waals surface area contributed by atoms with Crippen LogP contribution < -0.4 is 0 Å². The lowest BCUT2D eigenvalue weighted by Gasteiger charge is -2.13. The Morgan fingerprint density at radius 1 is 1.04 bits per heavy atom. The van der Waals surface area contributed by atoms with E-state index in [1.807, 2.05) is 11.5 Å². The molecule has 2 aromatic heterocycles. The molecule has 1 aliphatic rings. The number of likely N-dealkylation sites (N-methyl/N-ethyl adjacent to an activating group) is 1. The molecule has 4 aromatic rings. The molecule has 5 rings (SSSR count).